The van der Waals surface area contributed by atoms with Gasteiger partial charge in [-0.3, -0.25) is 4.79 Å². The van der Waals surface area contributed by atoms with E-state index in [0.29, 0.717) is 5.56 Å². The van der Waals surface area contributed by atoms with Gasteiger partial charge >= 0.3 is 5.97 Å². The molecule has 2 aromatic carbocycles. The zero-order valence-electron chi connectivity index (χ0n) is 14.2. The first-order valence-corrected chi connectivity index (χ1v) is 9.44. The number of thiazole rings is 1. The highest BCUT2D eigenvalue weighted by molar-refractivity contribution is 7.21. The molecule has 2 heterocycles. The minimum Gasteiger partial charge on any atom is -0.452 e. The van der Waals surface area contributed by atoms with E-state index in [1.165, 1.54) is 11.3 Å². The first-order chi connectivity index (χ1) is 12.7. The second-order valence-corrected chi connectivity index (χ2v) is 7.23. The lowest BCUT2D eigenvalue weighted by atomic mass is 10.1. The molecule has 0 atom stereocenters. The quantitative estimate of drug-likeness (QED) is 0.660. The van der Waals surface area contributed by atoms with Crippen LogP contribution in [0.1, 0.15) is 23.2 Å². The van der Waals surface area contributed by atoms with Crippen LogP contribution in [0.3, 0.4) is 0 Å². The maximum atomic E-state index is 12.6. The van der Waals surface area contributed by atoms with Crippen LogP contribution in [0.25, 0.3) is 20.8 Å². The van der Waals surface area contributed by atoms with Crippen LogP contribution >= 0.6 is 11.3 Å². The maximum Gasteiger partial charge on any atom is 0.339 e. The number of carbonyl (C=O) groups excluding carboxylic acids is 2. The molecule has 0 unspecified atom stereocenters. The van der Waals surface area contributed by atoms with Crippen LogP contribution in [0, 0.1) is 0 Å². The number of amides is 1. The van der Waals surface area contributed by atoms with Crippen LogP contribution in [0.4, 0.5) is 0 Å². The highest BCUT2D eigenvalue weighted by atomic mass is 32.1. The molecule has 0 spiro atoms. The Morgan fingerprint density at radius 3 is 2.58 bits per heavy atom. The minimum atomic E-state index is -0.493. The predicted molar refractivity (Wildman–Crippen MR) is 101 cm³/mol. The Morgan fingerprint density at radius 1 is 1.04 bits per heavy atom. The lowest BCUT2D eigenvalue weighted by Crippen LogP contribution is -2.32. The number of aromatic nitrogens is 1. The molecule has 0 saturated carbocycles. The van der Waals surface area contributed by atoms with Crippen LogP contribution in [-0.2, 0) is 9.53 Å². The van der Waals surface area contributed by atoms with E-state index in [1.807, 2.05) is 36.4 Å². The number of carbonyl (C=O) groups is 2. The van der Waals surface area contributed by atoms with E-state index in [2.05, 4.69) is 4.98 Å². The van der Waals surface area contributed by atoms with Crippen LogP contribution in [0.15, 0.2) is 48.5 Å². The summed E-state index contributed by atoms with van der Waals surface area (Å²) in [6.07, 6.45) is 2.03. The van der Waals surface area contributed by atoms with Crippen molar-refractivity contribution in [3.63, 3.8) is 0 Å². The second-order valence-electron chi connectivity index (χ2n) is 6.20. The molecule has 132 valence electrons. The van der Waals surface area contributed by atoms with Gasteiger partial charge in [0.15, 0.2) is 6.61 Å². The lowest BCUT2D eigenvalue weighted by molar-refractivity contribution is -0.133. The number of rotatable bonds is 4. The average Bonchev–Trinajstić information content (AvgIpc) is 3.35. The van der Waals surface area contributed by atoms with E-state index in [-0.39, 0.29) is 12.5 Å². The minimum absolute atomic E-state index is 0.131. The van der Waals surface area contributed by atoms with Gasteiger partial charge in [0, 0.05) is 18.7 Å². The first kappa shape index (κ1) is 16.7. The van der Waals surface area contributed by atoms with Crippen molar-refractivity contribution in [2.45, 2.75) is 12.8 Å². The fourth-order valence-electron chi connectivity index (χ4n) is 3.10. The fraction of sp³-hybridized carbons (Fsp3) is 0.250. The summed E-state index contributed by atoms with van der Waals surface area (Å²) in [5, 5.41) is 0.768. The monoisotopic (exact) mass is 366 g/mol. The molecule has 0 N–H and O–H groups in total. The molecule has 1 aliphatic heterocycles. The van der Waals surface area contributed by atoms with Crippen LogP contribution < -0.4 is 0 Å². The van der Waals surface area contributed by atoms with Gasteiger partial charge in [0.25, 0.3) is 5.91 Å². The van der Waals surface area contributed by atoms with Crippen molar-refractivity contribution >= 4 is 33.4 Å². The van der Waals surface area contributed by atoms with Crippen molar-refractivity contribution in [2.24, 2.45) is 0 Å². The van der Waals surface area contributed by atoms with E-state index in [9.17, 15) is 9.59 Å². The van der Waals surface area contributed by atoms with Gasteiger partial charge < -0.3 is 9.64 Å². The summed E-state index contributed by atoms with van der Waals surface area (Å²) in [6.45, 7) is 1.28. The number of likely N-dealkylation sites (tertiary alicyclic amines) is 1. The normalized spacial score (nSPS) is 13.9. The van der Waals surface area contributed by atoms with E-state index >= 15 is 0 Å². The van der Waals surface area contributed by atoms with Gasteiger partial charge in [-0.15, -0.1) is 11.3 Å². The van der Waals surface area contributed by atoms with Crippen molar-refractivity contribution < 1.29 is 14.3 Å². The average molecular weight is 366 g/mol. The molecule has 0 radical (unpaired) electrons. The number of nitrogens with zero attached hydrogens (tertiary/aromatic N) is 2. The van der Waals surface area contributed by atoms with Gasteiger partial charge in [-0.25, -0.2) is 9.78 Å². The van der Waals surface area contributed by atoms with E-state index < -0.39 is 5.97 Å². The lowest BCUT2D eigenvalue weighted by Gasteiger charge is -2.15. The summed E-state index contributed by atoms with van der Waals surface area (Å²) in [5.74, 6) is -0.624. The SMILES string of the molecule is O=C(OCC(=O)N1CCCC1)c1ccccc1-c1nc2ccccc2s1. The number of hydrogen-bond donors (Lipinski definition) is 0. The highest BCUT2D eigenvalue weighted by Crippen LogP contribution is 2.32. The fourth-order valence-corrected chi connectivity index (χ4v) is 4.10. The standard InChI is InChI=1S/C20H18N2O3S/c23-18(22-11-5-6-12-22)13-25-20(24)15-8-2-1-7-14(15)19-21-16-9-3-4-10-17(16)26-19/h1-4,7-10H,5-6,11-13H2. The molecule has 1 amide bonds. The number of esters is 1. The maximum absolute atomic E-state index is 12.6. The summed E-state index contributed by atoms with van der Waals surface area (Å²) < 4.78 is 6.35. The molecule has 0 aliphatic carbocycles. The number of benzene rings is 2. The third kappa shape index (κ3) is 3.32. The molecule has 1 aromatic heterocycles. The van der Waals surface area contributed by atoms with E-state index in [4.69, 9.17) is 4.74 Å². The molecular weight excluding hydrogens is 348 g/mol. The Morgan fingerprint density at radius 2 is 1.77 bits per heavy atom. The van der Waals surface area contributed by atoms with Crippen molar-refractivity contribution in [3.05, 3.63) is 54.1 Å². The van der Waals surface area contributed by atoms with Crippen molar-refractivity contribution in [1.82, 2.24) is 9.88 Å². The molecule has 3 aromatic rings. The predicted octanol–water partition coefficient (Wildman–Crippen LogP) is 3.74. The number of fused-ring (bicyclic) bond motifs is 1. The van der Waals surface area contributed by atoms with Gasteiger partial charge in [-0.1, -0.05) is 30.3 Å². The Labute approximate surface area is 155 Å². The summed E-state index contributed by atoms with van der Waals surface area (Å²) in [7, 11) is 0. The third-order valence-electron chi connectivity index (χ3n) is 4.46. The molecule has 26 heavy (non-hydrogen) atoms. The van der Waals surface area contributed by atoms with Crippen molar-refractivity contribution in [3.8, 4) is 10.6 Å². The first-order valence-electron chi connectivity index (χ1n) is 8.62. The van der Waals surface area contributed by atoms with Crippen molar-refractivity contribution in [2.75, 3.05) is 19.7 Å². The summed E-state index contributed by atoms with van der Waals surface area (Å²) >= 11 is 1.53. The summed E-state index contributed by atoms with van der Waals surface area (Å²) in [5.41, 5.74) is 2.06. The number of ether oxygens (including phenoxy) is 1. The zero-order chi connectivity index (χ0) is 17.9. The summed E-state index contributed by atoms with van der Waals surface area (Å²) in [4.78, 5) is 31.0. The zero-order valence-corrected chi connectivity index (χ0v) is 15.0. The Bertz CT molecular complexity index is 927. The number of hydrogen-bond acceptors (Lipinski definition) is 5. The van der Waals surface area contributed by atoms with E-state index in [0.717, 1.165) is 46.7 Å². The summed E-state index contributed by atoms with van der Waals surface area (Å²) in [6, 6.07) is 15.1. The molecule has 0 bridgehead atoms. The molecule has 5 nitrogen and oxygen atoms in total. The molecule has 6 heteroatoms. The van der Waals surface area contributed by atoms with Crippen LogP contribution in [0.2, 0.25) is 0 Å². The van der Waals surface area contributed by atoms with Gasteiger partial charge in [0.2, 0.25) is 0 Å². The van der Waals surface area contributed by atoms with Crippen LogP contribution in [0.5, 0.6) is 0 Å². The Kier molecular flexibility index (Phi) is 4.67. The molecule has 4 rings (SSSR count). The molecule has 1 fully saturated rings. The Hall–Kier alpha value is -2.73. The topological polar surface area (TPSA) is 59.5 Å². The van der Waals surface area contributed by atoms with Crippen LogP contribution in [-0.4, -0.2) is 41.5 Å². The molecule has 1 aliphatic rings. The smallest absolute Gasteiger partial charge is 0.339 e. The Balaban J connectivity index is 1.55. The molecular formula is C20H18N2O3S. The second kappa shape index (κ2) is 7.25. The van der Waals surface area contributed by atoms with Gasteiger partial charge in [-0.2, -0.15) is 0 Å². The van der Waals surface area contributed by atoms with Gasteiger partial charge in [0.1, 0.15) is 5.01 Å². The highest BCUT2D eigenvalue weighted by Gasteiger charge is 2.21. The third-order valence-corrected chi connectivity index (χ3v) is 5.53. The molecule has 1 saturated heterocycles. The van der Waals surface area contributed by atoms with Crippen molar-refractivity contribution in [1.29, 1.82) is 0 Å². The number of para-hydroxylation sites is 1. The van der Waals surface area contributed by atoms with Gasteiger partial charge in [-0.05, 0) is 31.0 Å². The van der Waals surface area contributed by atoms with E-state index in [1.54, 1.807) is 17.0 Å². The van der Waals surface area contributed by atoms with Gasteiger partial charge in [0.05, 0.1) is 15.8 Å². The largest absolute Gasteiger partial charge is 0.452 e.